The molecule has 2 N–H and O–H groups in total. The van der Waals surface area contributed by atoms with Crippen LogP contribution in [0.2, 0.25) is 10.2 Å². The molecule has 0 radical (unpaired) electrons. The van der Waals surface area contributed by atoms with Crippen molar-refractivity contribution >= 4 is 35.0 Å². The number of hydrogen-bond acceptors (Lipinski definition) is 3. The molecule has 1 fully saturated rings. The zero-order chi connectivity index (χ0) is 13.8. The first kappa shape index (κ1) is 14.1. The van der Waals surface area contributed by atoms with Gasteiger partial charge in [-0.25, -0.2) is 4.98 Å². The van der Waals surface area contributed by atoms with E-state index in [1.165, 1.54) is 12.3 Å². The Morgan fingerprint density at radius 3 is 2.58 bits per heavy atom. The Labute approximate surface area is 120 Å². The summed E-state index contributed by atoms with van der Waals surface area (Å²) in [6.07, 6.45) is 3.28. The van der Waals surface area contributed by atoms with E-state index in [1.54, 1.807) is 0 Å². The number of nitrogens with zero attached hydrogens (tertiary/aromatic N) is 1. The van der Waals surface area contributed by atoms with Gasteiger partial charge in [-0.05, 0) is 18.9 Å². The van der Waals surface area contributed by atoms with Gasteiger partial charge in [0.15, 0.2) is 0 Å². The summed E-state index contributed by atoms with van der Waals surface area (Å²) in [5, 5.41) is 5.82. The van der Waals surface area contributed by atoms with E-state index in [1.807, 2.05) is 0 Å². The molecular formula is C12H13Cl2N3O2. The van der Waals surface area contributed by atoms with Crippen LogP contribution in [-0.4, -0.2) is 29.9 Å². The van der Waals surface area contributed by atoms with Crippen LogP contribution in [0, 0.1) is 5.92 Å². The van der Waals surface area contributed by atoms with E-state index in [0.717, 1.165) is 12.8 Å². The van der Waals surface area contributed by atoms with Gasteiger partial charge < -0.3 is 10.6 Å². The number of hydrogen-bond donors (Lipinski definition) is 2. The average molecular weight is 302 g/mol. The molecule has 7 heteroatoms. The molecule has 1 aromatic heterocycles. The quantitative estimate of drug-likeness (QED) is 0.641. The molecule has 2 amide bonds. The fraction of sp³-hybridized carbons (Fsp3) is 0.417. The van der Waals surface area contributed by atoms with E-state index in [0.29, 0.717) is 18.7 Å². The van der Waals surface area contributed by atoms with Crippen LogP contribution in [0.5, 0.6) is 0 Å². The van der Waals surface area contributed by atoms with Crippen LogP contribution in [0.25, 0.3) is 0 Å². The lowest BCUT2D eigenvalue weighted by molar-refractivity contribution is -0.122. The van der Waals surface area contributed by atoms with Crippen LogP contribution in [0.1, 0.15) is 23.2 Å². The molecule has 0 aromatic carbocycles. The normalized spacial score (nSPS) is 14.0. The average Bonchev–Trinajstić information content (AvgIpc) is 3.21. The highest BCUT2D eigenvalue weighted by molar-refractivity contribution is 6.41. The van der Waals surface area contributed by atoms with Gasteiger partial charge in [0.1, 0.15) is 5.15 Å². The molecule has 1 aromatic rings. The lowest BCUT2D eigenvalue weighted by Crippen LogP contribution is -2.35. The van der Waals surface area contributed by atoms with Crippen molar-refractivity contribution in [3.05, 3.63) is 28.0 Å². The topological polar surface area (TPSA) is 71.1 Å². The highest BCUT2D eigenvalue weighted by atomic mass is 35.5. The molecule has 2 rings (SSSR count). The maximum Gasteiger partial charge on any atom is 0.252 e. The van der Waals surface area contributed by atoms with E-state index in [9.17, 15) is 9.59 Å². The highest BCUT2D eigenvalue weighted by Gasteiger charge is 2.28. The number of nitrogens with one attached hydrogen (secondary N) is 2. The van der Waals surface area contributed by atoms with Gasteiger partial charge in [0, 0.05) is 25.2 Å². The first-order chi connectivity index (χ1) is 9.08. The number of rotatable bonds is 5. The maximum atomic E-state index is 11.7. The standard InChI is InChI=1S/C12H13Cl2N3O2/c13-9-5-8(6-17-10(9)14)12(19)16-4-3-15-11(18)7-1-2-7/h5-7H,1-4H2,(H,15,18)(H,16,19). The number of halogens is 2. The summed E-state index contributed by atoms with van der Waals surface area (Å²) in [6.45, 7) is 0.771. The molecule has 1 aliphatic rings. The SMILES string of the molecule is O=C(NCCNC(=O)C1CC1)c1cnc(Cl)c(Cl)c1. The van der Waals surface area contributed by atoms with Crippen LogP contribution in [-0.2, 0) is 4.79 Å². The Morgan fingerprint density at radius 2 is 1.95 bits per heavy atom. The Morgan fingerprint density at radius 1 is 1.26 bits per heavy atom. The molecule has 19 heavy (non-hydrogen) atoms. The minimum absolute atomic E-state index is 0.0606. The maximum absolute atomic E-state index is 11.7. The van der Waals surface area contributed by atoms with Crippen molar-refractivity contribution in [3.8, 4) is 0 Å². The molecule has 0 unspecified atom stereocenters. The molecule has 0 saturated heterocycles. The molecule has 1 saturated carbocycles. The van der Waals surface area contributed by atoms with E-state index in [2.05, 4.69) is 15.6 Å². The molecule has 0 spiro atoms. The van der Waals surface area contributed by atoms with Gasteiger partial charge in [0.2, 0.25) is 5.91 Å². The second-order valence-electron chi connectivity index (χ2n) is 4.32. The number of pyridine rings is 1. The van der Waals surface area contributed by atoms with Crippen molar-refractivity contribution in [1.82, 2.24) is 15.6 Å². The molecular weight excluding hydrogens is 289 g/mol. The zero-order valence-corrected chi connectivity index (χ0v) is 11.6. The Bertz CT molecular complexity index is 504. The fourth-order valence-corrected chi connectivity index (χ4v) is 1.77. The monoisotopic (exact) mass is 301 g/mol. The van der Waals surface area contributed by atoms with Crippen molar-refractivity contribution in [2.75, 3.05) is 13.1 Å². The lowest BCUT2D eigenvalue weighted by atomic mass is 10.2. The van der Waals surface area contributed by atoms with Gasteiger partial charge in [0.25, 0.3) is 5.91 Å². The van der Waals surface area contributed by atoms with E-state index in [4.69, 9.17) is 23.2 Å². The Balaban J connectivity index is 1.74. The second-order valence-corrected chi connectivity index (χ2v) is 5.08. The van der Waals surface area contributed by atoms with Gasteiger partial charge in [-0.3, -0.25) is 9.59 Å². The summed E-state index contributed by atoms with van der Waals surface area (Å²) in [7, 11) is 0. The number of amides is 2. The minimum Gasteiger partial charge on any atom is -0.354 e. The number of carbonyl (C=O) groups excluding carboxylic acids is 2. The first-order valence-corrected chi connectivity index (χ1v) is 6.70. The van der Waals surface area contributed by atoms with E-state index < -0.39 is 0 Å². The molecule has 0 atom stereocenters. The van der Waals surface area contributed by atoms with Gasteiger partial charge in [-0.15, -0.1) is 0 Å². The van der Waals surface area contributed by atoms with Crippen molar-refractivity contribution in [2.24, 2.45) is 5.92 Å². The highest BCUT2D eigenvalue weighted by Crippen LogP contribution is 2.28. The van der Waals surface area contributed by atoms with Crippen molar-refractivity contribution in [3.63, 3.8) is 0 Å². The van der Waals surface area contributed by atoms with E-state index in [-0.39, 0.29) is 27.9 Å². The third-order valence-electron chi connectivity index (χ3n) is 2.72. The number of aromatic nitrogens is 1. The molecule has 1 heterocycles. The van der Waals surface area contributed by atoms with Crippen molar-refractivity contribution < 1.29 is 9.59 Å². The summed E-state index contributed by atoms with van der Waals surface area (Å²) >= 11 is 11.4. The molecule has 0 bridgehead atoms. The summed E-state index contributed by atoms with van der Waals surface area (Å²) in [4.78, 5) is 26.9. The summed E-state index contributed by atoms with van der Waals surface area (Å²) in [6, 6.07) is 1.45. The first-order valence-electron chi connectivity index (χ1n) is 5.95. The summed E-state index contributed by atoms with van der Waals surface area (Å²) < 4.78 is 0. The summed E-state index contributed by atoms with van der Waals surface area (Å²) in [5.74, 6) is -0.0628. The zero-order valence-electron chi connectivity index (χ0n) is 10.1. The predicted octanol–water partition coefficient (Wildman–Crippen LogP) is 1.64. The molecule has 1 aliphatic carbocycles. The largest absolute Gasteiger partial charge is 0.354 e. The smallest absolute Gasteiger partial charge is 0.252 e. The molecule has 0 aliphatic heterocycles. The third-order valence-corrected chi connectivity index (χ3v) is 3.40. The van der Waals surface area contributed by atoms with Gasteiger partial charge in [-0.2, -0.15) is 0 Å². The Kier molecular flexibility index (Phi) is 4.61. The van der Waals surface area contributed by atoms with Crippen LogP contribution in [0.4, 0.5) is 0 Å². The van der Waals surface area contributed by atoms with Gasteiger partial charge in [-0.1, -0.05) is 23.2 Å². The van der Waals surface area contributed by atoms with Crippen molar-refractivity contribution in [1.29, 1.82) is 0 Å². The lowest BCUT2D eigenvalue weighted by Gasteiger charge is -2.07. The third kappa shape index (κ3) is 4.08. The van der Waals surface area contributed by atoms with Gasteiger partial charge in [0.05, 0.1) is 10.6 Å². The van der Waals surface area contributed by atoms with Crippen LogP contribution >= 0.6 is 23.2 Å². The van der Waals surface area contributed by atoms with Crippen molar-refractivity contribution in [2.45, 2.75) is 12.8 Å². The van der Waals surface area contributed by atoms with Gasteiger partial charge >= 0.3 is 0 Å². The minimum atomic E-state index is -0.299. The fourth-order valence-electron chi connectivity index (χ4n) is 1.50. The molecule has 5 nitrogen and oxygen atoms in total. The van der Waals surface area contributed by atoms with Crippen LogP contribution in [0.15, 0.2) is 12.3 Å². The second kappa shape index (κ2) is 6.21. The van der Waals surface area contributed by atoms with E-state index >= 15 is 0 Å². The Hall–Kier alpha value is -1.33. The van der Waals surface area contributed by atoms with Crippen LogP contribution < -0.4 is 10.6 Å². The molecule has 102 valence electrons. The number of carbonyl (C=O) groups is 2. The predicted molar refractivity (Wildman–Crippen MR) is 72.3 cm³/mol. The summed E-state index contributed by atoms with van der Waals surface area (Å²) in [5.41, 5.74) is 0.336. The van der Waals surface area contributed by atoms with Crippen LogP contribution in [0.3, 0.4) is 0 Å².